The molecule has 1 N–H and O–H groups in total. The summed E-state index contributed by atoms with van der Waals surface area (Å²) < 4.78 is 13.0. The van der Waals surface area contributed by atoms with E-state index in [0.29, 0.717) is 30.3 Å². The molecule has 1 aliphatic carbocycles. The van der Waals surface area contributed by atoms with Gasteiger partial charge in [0.15, 0.2) is 5.65 Å². The van der Waals surface area contributed by atoms with Crippen LogP contribution in [0, 0.1) is 5.92 Å². The summed E-state index contributed by atoms with van der Waals surface area (Å²) in [6.45, 7) is 1.93. The van der Waals surface area contributed by atoms with E-state index in [1.54, 1.807) is 18.3 Å². The maximum atomic E-state index is 12.5. The van der Waals surface area contributed by atoms with E-state index in [2.05, 4.69) is 20.8 Å². The molecule has 23 heavy (non-hydrogen) atoms. The number of nitrogens with zero attached hydrogens (tertiary/aromatic N) is 4. The molecule has 0 unspecified atom stereocenters. The van der Waals surface area contributed by atoms with Crippen molar-refractivity contribution < 1.29 is 14.3 Å². The number of nitrogens with one attached hydrogen (secondary N) is 1. The van der Waals surface area contributed by atoms with Crippen LogP contribution in [0.4, 0.5) is 0 Å². The SMILES string of the molecule is O=C(N[C@@H]1CCOC[C@H]1OCC1CC1)c1ccn2nnnc2c1. The Morgan fingerprint density at radius 2 is 2.35 bits per heavy atom. The second-order valence-corrected chi connectivity index (χ2v) is 6.16. The first-order chi connectivity index (χ1) is 11.3. The summed E-state index contributed by atoms with van der Waals surface area (Å²) >= 11 is 0. The molecule has 0 aromatic carbocycles. The van der Waals surface area contributed by atoms with Gasteiger partial charge in [-0.3, -0.25) is 4.79 Å². The third-order valence-electron chi connectivity index (χ3n) is 4.32. The lowest BCUT2D eigenvalue weighted by Gasteiger charge is -2.32. The normalized spacial score (nSPS) is 24.7. The fourth-order valence-electron chi connectivity index (χ4n) is 2.72. The molecule has 1 saturated carbocycles. The van der Waals surface area contributed by atoms with Gasteiger partial charge in [0.1, 0.15) is 6.10 Å². The van der Waals surface area contributed by atoms with Gasteiger partial charge < -0.3 is 14.8 Å². The van der Waals surface area contributed by atoms with Gasteiger partial charge in [-0.2, -0.15) is 0 Å². The van der Waals surface area contributed by atoms with Crippen LogP contribution in [0.3, 0.4) is 0 Å². The van der Waals surface area contributed by atoms with Crippen LogP contribution in [0.15, 0.2) is 18.3 Å². The Labute approximate surface area is 133 Å². The van der Waals surface area contributed by atoms with Gasteiger partial charge in [-0.15, -0.1) is 5.10 Å². The Bertz CT molecular complexity index is 699. The molecule has 4 rings (SSSR count). The number of aromatic nitrogens is 4. The van der Waals surface area contributed by atoms with Crippen molar-refractivity contribution in [1.82, 2.24) is 25.4 Å². The van der Waals surface area contributed by atoms with Crippen molar-refractivity contribution in [2.75, 3.05) is 19.8 Å². The van der Waals surface area contributed by atoms with Gasteiger partial charge in [-0.1, -0.05) is 0 Å². The van der Waals surface area contributed by atoms with Gasteiger partial charge in [0.05, 0.1) is 12.6 Å². The molecule has 0 spiro atoms. The minimum absolute atomic E-state index is 0.0257. The fraction of sp³-hybridized carbons (Fsp3) is 0.600. The highest BCUT2D eigenvalue weighted by molar-refractivity contribution is 5.95. The van der Waals surface area contributed by atoms with Gasteiger partial charge in [0, 0.05) is 25.0 Å². The van der Waals surface area contributed by atoms with Gasteiger partial charge in [-0.05, 0) is 47.7 Å². The number of carbonyl (C=O) groups is 1. The molecule has 122 valence electrons. The molecule has 1 amide bonds. The monoisotopic (exact) mass is 317 g/mol. The van der Waals surface area contributed by atoms with Crippen LogP contribution in [-0.4, -0.2) is 57.9 Å². The van der Waals surface area contributed by atoms with Crippen molar-refractivity contribution in [3.8, 4) is 0 Å². The summed E-state index contributed by atoms with van der Waals surface area (Å²) in [6.07, 6.45) is 4.85. The van der Waals surface area contributed by atoms with Crippen LogP contribution in [0.1, 0.15) is 29.6 Å². The second-order valence-electron chi connectivity index (χ2n) is 6.16. The van der Waals surface area contributed by atoms with Crippen molar-refractivity contribution in [1.29, 1.82) is 0 Å². The number of carbonyl (C=O) groups excluding carboxylic acids is 1. The van der Waals surface area contributed by atoms with E-state index in [1.807, 2.05) is 0 Å². The second kappa shape index (κ2) is 6.21. The van der Waals surface area contributed by atoms with Crippen molar-refractivity contribution in [3.63, 3.8) is 0 Å². The molecule has 2 atom stereocenters. The van der Waals surface area contributed by atoms with E-state index < -0.39 is 0 Å². The first-order valence-corrected chi connectivity index (χ1v) is 7.97. The van der Waals surface area contributed by atoms with Crippen molar-refractivity contribution in [2.45, 2.75) is 31.4 Å². The van der Waals surface area contributed by atoms with Gasteiger partial charge in [-0.25, -0.2) is 4.52 Å². The van der Waals surface area contributed by atoms with Crippen LogP contribution in [0.2, 0.25) is 0 Å². The zero-order valence-corrected chi connectivity index (χ0v) is 12.7. The Kier molecular flexibility index (Phi) is 3.92. The Hall–Kier alpha value is -2.06. The topological polar surface area (TPSA) is 90.6 Å². The number of hydrogen-bond acceptors (Lipinski definition) is 6. The zero-order chi connectivity index (χ0) is 15.6. The minimum atomic E-state index is -0.137. The van der Waals surface area contributed by atoms with Crippen LogP contribution in [0.25, 0.3) is 5.65 Å². The van der Waals surface area contributed by atoms with Gasteiger partial charge in [0.25, 0.3) is 5.91 Å². The molecule has 2 aromatic rings. The molecule has 1 aliphatic heterocycles. The van der Waals surface area contributed by atoms with Crippen LogP contribution < -0.4 is 5.32 Å². The van der Waals surface area contributed by atoms with Crippen LogP contribution in [0.5, 0.6) is 0 Å². The smallest absolute Gasteiger partial charge is 0.251 e. The lowest BCUT2D eigenvalue weighted by atomic mass is 10.1. The van der Waals surface area contributed by atoms with Gasteiger partial charge >= 0.3 is 0 Å². The first kappa shape index (κ1) is 14.5. The Morgan fingerprint density at radius 3 is 3.22 bits per heavy atom. The van der Waals surface area contributed by atoms with Crippen LogP contribution >= 0.6 is 0 Å². The summed E-state index contributed by atoms with van der Waals surface area (Å²) in [7, 11) is 0. The molecule has 2 aliphatic rings. The maximum Gasteiger partial charge on any atom is 0.251 e. The Morgan fingerprint density at radius 1 is 1.43 bits per heavy atom. The summed E-state index contributed by atoms with van der Waals surface area (Å²) in [4.78, 5) is 12.5. The highest BCUT2D eigenvalue weighted by Crippen LogP contribution is 2.29. The lowest BCUT2D eigenvalue weighted by molar-refractivity contribution is -0.0697. The summed E-state index contributed by atoms with van der Waals surface area (Å²) in [5.74, 6) is 0.554. The average molecular weight is 317 g/mol. The van der Waals surface area contributed by atoms with E-state index in [0.717, 1.165) is 13.0 Å². The molecule has 2 fully saturated rings. The summed E-state index contributed by atoms with van der Waals surface area (Å²) in [5.41, 5.74) is 1.09. The third kappa shape index (κ3) is 3.32. The number of amides is 1. The third-order valence-corrected chi connectivity index (χ3v) is 4.32. The molecule has 2 aromatic heterocycles. The molecule has 3 heterocycles. The number of tetrazole rings is 1. The molecule has 0 bridgehead atoms. The largest absolute Gasteiger partial charge is 0.379 e. The molecular weight excluding hydrogens is 298 g/mol. The van der Waals surface area contributed by atoms with E-state index >= 15 is 0 Å². The molecule has 8 nitrogen and oxygen atoms in total. The lowest BCUT2D eigenvalue weighted by Crippen LogP contribution is -2.50. The number of rotatable bonds is 5. The van der Waals surface area contributed by atoms with Crippen LogP contribution in [-0.2, 0) is 9.47 Å². The molecule has 1 saturated heterocycles. The molecule has 8 heteroatoms. The maximum absolute atomic E-state index is 12.5. The number of fused-ring (bicyclic) bond motifs is 1. The first-order valence-electron chi connectivity index (χ1n) is 7.97. The predicted octanol–water partition coefficient (Wildman–Crippen LogP) is 0.438. The van der Waals surface area contributed by atoms with Crippen molar-refractivity contribution in [2.24, 2.45) is 5.92 Å². The van der Waals surface area contributed by atoms with Crippen molar-refractivity contribution in [3.05, 3.63) is 23.9 Å². The van der Waals surface area contributed by atoms with E-state index in [1.165, 1.54) is 17.4 Å². The fourth-order valence-corrected chi connectivity index (χ4v) is 2.72. The predicted molar refractivity (Wildman–Crippen MR) is 79.9 cm³/mol. The Balaban J connectivity index is 1.42. The van der Waals surface area contributed by atoms with E-state index in [-0.39, 0.29) is 18.1 Å². The number of hydrogen-bond donors (Lipinski definition) is 1. The van der Waals surface area contributed by atoms with E-state index in [4.69, 9.17) is 9.47 Å². The quantitative estimate of drug-likeness (QED) is 0.860. The summed E-state index contributed by atoms with van der Waals surface area (Å²) in [6, 6.07) is 3.36. The number of pyridine rings is 1. The number of ether oxygens (including phenoxy) is 2. The van der Waals surface area contributed by atoms with Gasteiger partial charge in [0.2, 0.25) is 0 Å². The highest BCUT2D eigenvalue weighted by atomic mass is 16.5. The minimum Gasteiger partial charge on any atom is -0.379 e. The molecular formula is C15H19N5O3. The highest BCUT2D eigenvalue weighted by Gasteiger charge is 2.31. The van der Waals surface area contributed by atoms with E-state index in [9.17, 15) is 4.79 Å². The standard InChI is InChI=1S/C15H19N5O3/c21-15(11-3-5-20-14(7-11)17-18-19-20)16-12-4-6-22-9-13(12)23-8-10-1-2-10/h3,5,7,10,12-13H,1-2,4,6,8-9H2,(H,16,21)/t12-,13-/m1/s1. The zero-order valence-electron chi connectivity index (χ0n) is 12.7. The summed E-state index contributed by atoms with van der Waals surface area (Å²) in [5, 5.41) is 14.3. The molecule has 0 radical (unpaired) electrons. The average Bonchev–Trinajstić information content (AvgIpc) is 3.28. The van der Waals surface area contributed by atoms with Crippen molar-refractivity contribution >= 4 is 11.6 Å².